The fraction of sp³-hybridized carbons (Fsp3) is 0.647. The molecule has 7 heteroatoms. The van der Waals surface area contributed by atoms with E-state index in [2.05, 4.69) is 32.6 Å². The van der Waals surface area contributed by atoms with Crippen molar-refractivity contribution in [1.82, 2.24) is 4.90 Å². The predicted octanol–water partition coefficient (Wildman–Crippen LogP) is 3.37. The Bertz CT molecular complexity index is 470. The average molecular weight is 361 g/mol. The smallest absolute Gasteiger partial charge is 0.269 e. The van der Waals surface area contributed by atoms with E-state index in [9.17, 15) is 15.2 Å². The van der Waals surface area contributed by atoms with Crippen LogP contribution >= 0.6 is 12.4 Å². The molecule has 0 saturated heterocycles. The van der Waals surface area contributed by atoms with E-state index in [1.54, 1.807) is 12.1 Å². The van der Waals surface area contributed by atoms with Crippen molar-refractivity contribution in [3.05, 3.63) is 34.4 Å². The van der Waals surface area contributed by atoms with E-state index in [4.69, 9.17) is 4.74 Å². The zero-order valence-corrected chi connectivity index (χ0v) is 15.7. The van der Waals surface area contributed by atoms with E-state index in [0.717, 1.165) is 13.1 Å². The third kappa shape index (κ3) is 9.05. The minimum absolute atomic E-state index is 0. The highest BCUT2D eigenvalue weighted by atomic mass is 35.5. The maximum Gasteiger partial charge on any atom is 0.269 e. The van der Waals surface area contributed by atoms with Crippen LogP contribution in [-0.4, -0.2) is 47.3 Å². The Balaban J connectivity index is 0.00000529. The molecular formula is C17H29ClN2O4. The van der Waals surface area contributed by atoms with Crippen molar-refractivity contribution >= 4 is 18.1 Å². The fourth-order valence-corrected chi connectivity index (χ4v) is 2.46. The van der Waals surface area contributed by atoms with E-state index < -0.39 is 11.0 Å². The Morgan fingerprint density at radius 3 is 2.00 bits per heavy atom. The van der Waals surface area contributed by atoms with Crippen LogP contribution in [0.4, 0.5) is 5.69 Å². The SMILES string of the molecule is CC(C)CN(CC(C)C)CC(O)COc1ccc([N+](=O)[O-])cc1.Cl. The summed E-state index contributed by atoms with van der Waals surface area (Å²) in [5, 5.41) is 20.8. The van der Waals surface area contributed by atoms with Gasteiger partial charge in [-0.3, -0.25) is 10.1 Å². The molecule has 0 spiro atoms. The average Bonchev–Trinajstić information content (AvgIpc) is 2.44. The molecule has 1 atom stereocenters. The first-order valence-electron chi connectivity index (χ1n) is 8.05. The van der Waals surface area contributed by atoms with Crippen molar-refractivity contribution in [2.24, 2.45) is 11.8 Å². The Morgan fingerprint density at radius 1 is 1.08 bits per heavy atom. The largest absolute Gasteiger partial charge is 0.491 e. The highest BCUT2D eigenvalue weighted by molar-refractivity contribution is 5.85. The van der Waals surface area contributed by atoms with Crippen LogP contribution in [0.15, 0.2) is 24.3 Å². The lowest BCUT2D eigenvalue weighted by atomic mass is 10.1. The van der Waals surface area contributed by atoms with Gasteiger partial charge in [-0.05, 0) is 24.0 Å². The van der Waals surface area contributed by atoms with Gasteiger partial charge in [0.25, 0.3) is 5.69 Å². The number of hydrogen-bond donors (Lipinski definition) is 1. The summed E-state index contributed by atoms with van der Waals surface area (Å²) in [4.78, 5) is 12.4. The second-order valence-electron chi connectivity index (χ2n) is 6.72. The van der Waals surface area contributed by atoms with E-state index in [-0.39, 0.29) is 24.7 Å². The molecule has 6 nitrogen and oxygen atoms in total. The van der Waals surface area contributed by atoms with Gasteiger partial charge in [-0.1, -0.05) is 27.7 Å². The summed E-state index contributed by atoms with van der Waals surface area (Å²) in [5.41, 5.74) is 0.0259. The summed E-state index contributed by atoms with van der Waals surface area (Å²) in [6.45, 7) is 11.2. The molecule has 0 bridgehead atoms. The van der Waals surface area contributed by atoms with Crippen LogP contribution in [0.1, 0.15) is 27.7 Å². The Hall–Kier alpha value is -1.37. The molecule has 1 aromatic rings. The van der Waals surface area contributed by atoms with Crippen LogP contribution < -0.4 is 4.74 Å². The molecule has 0 aromatic heterocycles. The predicted molar refractivity (Wildman–Crippen MR) is 98.0 cm³/mol. The summed E-state index contributed by atoms with van der Waals surface area (Å²) in [6.07, 6.45) is -0.595. The Morgan fingerprint density at radius 2 is 1.58 bits per heavy atom. The number of nitrogens with zero attached hydrogens (tertiary/aromatic N) is 2. The summed E-state index contributed by atoms with van der Waals surface area (Å²) in [7, 11) is 0. The molecule has 1 aromatic carbocycles. The maximum absolute atomic E-state index is 10.6. The number of nitro groups is 1. The van der Waals surface area contributed by atoms with Gasteiger partial charge < -0.3 is 14.7 Å². The topological polar surface area (TPSA) is 75.8 Å². The number of hydrogen-bond acceptors (Lipinski definition) is 5. The van der Waals surface area contributed by atoms with Gasteiger partial charge in [0.05, 0.1) is 4.92 Å². The van der Waals surface area contributed by atoms with Crippen molar-refractivity contribution in [2.75, 3.05) is 26.2 Å². The highest BCUT2D eigenvalue weighted by Crippen LogP contribution is 2.17. The number of rotatable bonds is 10. The molecule has 1 N–H and O–H groups in total. The minimum Gasteiger partial charge on any atom is -0.491 e. The number of ether oxygens (including phenoxy) is 1. The van der Waals surface area contributed by atoms with Crippen molar-refractivity contribution in [2.45, 2.75) is 33.8 Å². The third-order valence-electron chi connectivity index (χ3n) is 3.21. The van der Waals surface area contributed by atoms with Gasteiger partial charge >= 0.3 is 0 Å². The van der Waals surface area contributed by atoms with E-state index >= 15 is 0 Å². The first-order chi connectivity index (χ1) is 10.8. The lowest BCUT2D eigenvalue weighted by molar-refractivity contribution is -0.384. The van der Waals surface area contributed by atoms with Crippen LogP contribution in [0, 0.1) is 22.0 Å². The van der Waals surface area contributed by atoms with Crippen molar-refractivity contribution in [3.8, 4) is 5.75 Å². The van der Waals surface area contributed by atoms with Gasteiger partial charge in [0.15, 0.2) is 0 Å². The van der Waals surface area contributed by atoms with Crippen molar-refractivity contribution < 1.29 is 14.8 Å². The second-order valence-corrected chi connectivity index (χ2v) is 6.72. The van der Waals surface area contributed by atoms with Crippen molar-refractivity contribution in [3.63, 3.8) is 0 Å². The van der Waals surface area contributed by atoms with Crippen LogP contribution in [-0.2, 0) is 0 Å². The molecule has 0 fully saturated rings. The molecular weight excluding hydrogens is 332 g/mol. The van der Waals surface area contributed by atoms with E-state index in [1.165, 1.54) is 12.1 Å². The Labute approximate surface area is 150 Å². The normalized spacial score (nSPS) is 12.3. The first kappa shape index (κ1) is 22.6. The maximum atomic E-state index is 10.6. The van der Waals surface area contributed by atoms with Crippen molar-refractivity contribution in [1.29, 1.82) is 0 Å². The summed E-state index contributed by atoms with van der Waals surface area (Å²) in [5.74, 6) is 1.60. The van der Waals surface area contributed by atoms with E-state index in [1.807, 2.05) is 0 Å². The van der Waals surface area contributed by atoms with Gasteiger partial charge in [0.1, 0.15) is 18.5 Å². The van der Waals surface area contributed by atoms with Gasteiger partial charge in [-0.15, -0.1) is 12.4 Å². The number of aliphatic hydroxyl groups is 1. The van der Waals surface area contributed by atoms with Gasteiger partial charge in [-0.2, -0.15) is 0 Å². The van der Waals surface area contributed by atoms with Gasteiger partial charge in [0.2, 0.25) is 0 Å². The molecule has 0 heterocycles. The number of aliphatic hydroxyl groups excluding tert-OH is 1. The number of nitro benzene ring substituents is 1. The molecule has 0 aliphatic heterocycles. The molecule has 0 aliphatic rings. The fourth-order valence-electron chi connectivity index (χ4n) is 2.46. The minimum atomic E-state index is -0.595. The molecule has 1 rings (SSSR count). The lowest BCUT2D eigenvalue weighted by Gasteiger charge is -2.28. The van der Waals surface area contributed by atoms with E-state index in [0.29, 0.717) is 24.1 Å². The molecule has 0 amide bonds. The summed E-state index contributed by atoms with van der Waals surface area (Å²) < 4.78 is 5.51. The molecule has 138 valence electrons. The molecule has 1 unspecified atom stereocenters. The number of halogens is 1. The summed E-state index contributed by atoms with van der Waals surface area (Å²) in [6, 6.07) is 5.88. The second kappa shape index (κ2) is 11.2. The van der Waals surface area contributed by atoms with Crippen LogP contribution in [0.3, 0.4) is 0 Å². The zero-order valence-electron chi connectivity index (χ0n) is 14.8. The molecule has 0 radical (unpaired) electrons. The van der Waals surface area contributed by atoms with Crippen LogP contribution in [0.25, 0.3) is 0 Å². The quantitative estimate of drug-likeness (QED) is 0.511. The molecule has 24 heavy (non-hydrogen) atoms. The molecule has 0 saturated carbocycles. The van der Waals surface area contributed by atoms with Gasteiger partial charge in [-0.25, -0.2) is 0 Å². The van der Waals surface area contributed by atoms with Crippen LogP contribution in [0.2, 0.25) is 0 Å². The standard InChI is InChI=1S/C17H28N2O4.ClH/c1-13(2)9-18(10-14(3)4)11-16(20)12-23-17-7-5-15(6-8-17)19(21)22;/h5-8,13-14,16,20H,9-12H2,1-4H3;1H. The highest BCUT2D eigenvalue weighted by Gasteiger charge is 2.15. The molecule has 0 aliphatic carbocycles. The summed E-state index contributed by atoms with van der Waals surface area (Å²) >= 11 is 0. The van der Waals surface area contributed by atoms with Gasteiger partial charge in [0, 0.05) is 31.8 Å². The lowest BCUT2D eigenvalue weighted by Crippen LogP contribution is -2.39. The number of non-ortho nitro benzene ring substituents is 1. The third-order valence-corrected chi connectivity index (χ3v) is 3.21. The monoisotopic (exact) mass is 360 g/mol. The van der Waals surface area contributed by atoms with Crippen LogP contribution in [0.5, 0.6) is 5.75 Å². The first-order valence-corrected chi connectivity index (χ1v) is 8.05. The zero-order chi connectivity index (χ0) is 17.4. The number of benzene rings is 1. The Kier molecular flexibility index (Phi) is 10.6.